The summed E-state index contributed by atoms with van der Waals surface area (Å²) in [7, 11) is 0. The maximum atomic E-state index is 5.73. The fraction of sp³-hybridized carbons (Fsp3) is 0.250. The van der Waals surface area contributed by atoms with E-state index in [0.717, 1.165) is 40.3 Å². The Morgan fingerprint density at radius 3 is 2.67 bits per heavy atom. The molecule has 0 amide bonds. The molecule has 0 spiro atoms. The minimum absolute atomic E-state index is 0.618. The van der Waals surface area contributed by atoms with Gasteiger partial charge in [0.2, 0.25) is 0 Å². The fourth-order valence-electron chi connectivity index (χ4n) is 2.26. The van der Waals surface area contributed by atoms with Crippen molar-refractivity contribution in [2.24, 2.45) is 0 Å². The number of nitrogens with one attached hydrogen (secondary N) is 1. The van der Waals surface area contributed by atoms with Crippen LogP contribution in [0.1, 0.15) is 5.56 Å². The van der Waals surface area contributed by atoms with Crippen LogP contribution in [0.2, 0.25) is 0 Å². The summed E-state index contributed by atoms with van der Waals surface area (Å²) in [6, 6.07) is 11.9. The highest BCUT2D eigenvalue weighted by Gasteiger charge is 2.11. The third kappa shape index (κ3) is 3.42. The molecule has 2 aromatic rings. The van der Waals surface area contributed by atoms with Crippen LogP contribution in [0.5, 0.6) is 11.5 Å². The van der Waals surface area contributed by atoms with Gasteiger partial charge in [0, 0.05) is 22.4 Å². The largest absolute Gasteiger partial charge is 0.486 e. The van der Waals surface area contributed by atoms with Gasteiger partial charge in [-0.25, -0.2) is 0 Å². The SMILES string of the molecule is Nc1ccc(NCCc2ccc3c(c2)OCCO3)c(Br)c1. The van der Waals surface area contributed by atoms with Crippen molar-refractivity contribution >= 4 is 27.3 Å². The number of halogens is 1. The zero-order chi connectivity index (χ0) is 14.7. The molecule has 0 fully saturated rings. The van der Waals surface area contributed by atoms with Crippen LogP contribution < -0.4 is 20.5 Å². The molecule has 3 N–H and O–H groups in total. The summed E-state index contributed by atoms with van der Waals surface area (Å²) >= 11 is 3.50. The molecule has 0 radical (unpaired) electrons. The van der Waals surface area contributed by atoms with Gasteiger partial charge in [0.25, 0.3) is 0 Å². The van der Waals surface area contributed by atoms with E-state index in [9.17, 15) is 0 Å². The van der Waals surface area contributed by atoms with Crippen molar-refractivity contribution in [3.63, 3.8) is 0 Å². The fourth-order valence-corrected chi connectivity index (χ4v) is 2.80. The summed E-state index contributed by atoms with van der Waals surface area (Å²) in [5, 5.41) is 3.39. The lowest BCUT2D eigenvalue weighted by Gasteiger charge is -2.19. The van der Waals surface area contributed by atoms with Gasteiger partial charge in [-0.05, 0) is 58.2 Å². The van der Waals surface area contributed by atoms with Crippen molar-refractivity contribution in [1.82, 2.24) is 0 Å². The van der Waals surface area contributed by atoms with E-state index < -0.39 is 0 Å². The number of ether oxygens (including phenoxy) is 2. The summed E-state index contributed by atoms with van der Waals surface area (Å²) in [5.74, 6) is 1.67. The van der Waals surface area contributed by atoms with E-state index in [1.165, 1.54) is 5.56 Å². The van der Waals surface area contributed by atoms with Gasteiger partial charge in [-0.3, -0.25) is 0 Å². The number of nitrogens with two attached hydrogens (primary N) is 1. The minimum Gasteiger partial charge on any atom is -0.486 e. The summed E-state index contributed by atoms with van der Waals surface area (Å²) in [6.45, 7) is 2.08. The Kier molecular flexibility index (Phi) is 4.20. The number of hydrogen-bond acceptors (Lipinski definition) is 4. The molecule has 0 aromatic heterocycles. The standard InChI is InChI=1S/C16H17BrN2O2/c17-13-10-12(18)2-3-14(13)19-6-5-11-1-4-15-16(9-11)21-8-7-20-15/h1-4,9-10,19H,5-8,18H2. The molecule has 2 aromatic carbocycles. The smallest absolute Gasteiger partial charge is 0.161 e. The van der Waals surface area contributed by atoms with E-state index in [1.54, 1.807) is 0 Å². The van der Waals surface area contributed by atoms with Crippen molar-refractivity contribution < 1.29 is 9.47 Å². The highest BCUT2D eigenvalue weighted by Crippen LogP contribution is 2.31. The summed E-state index contributed by atoms with van der Waals surface area (Å²) < 4.78 is 12.1. The molecule has 1 heterocycles. The molecule has 0 bridgehead atoms. The van der Waals surface area contributed by atoms with Crippen LogP contribution in [0.3, 0.4) is 0 Å². The first-order valence-corrected chi connectivity index (χ1v) is 7.69. The van der Waals surface area contributed by atoms with Crippen molar-refractivity contribution in [2.75, 3.05) is 30.8 Å². The van der Waals surface area contributed by atoms with Crippen molar-refractivity contribution in [2.45, 2.75) is 6.42 Å². The van der Waals surface area contributed by atoms with E-state index in [1.807, 2.05) is 30.3 Å². The first kappa shape index (κ1) is 14.1. The van der Waals surface area contributed by atoms with Gasteiger partial charge >= 0.3 is 0 Å². The topological polar surface area (TPSA) is 56.5 Å². The molecule has 5 heteroatoms. The van der Waals surface area contributed by atoms with E-state index in [2.05, 4.69) is 27.3 Å². The predicted octanol–water partition coefficient (Wildman–Crippen LogP) is 3.46. The highest BCUT2D eigenvalue weighted by molar-refractivity contribution is 9.10. The van der Waals surface area contributed by atoms with Crippen LogP contribution in [0.15, 0.2) is 40.9 Å². The lowest BCUT2D eigenvalue weighted by atomic mass is 10.1. The number of hydrogen-bond donors (Lipinski definition) is 2. The first-order chi connectivity index (χ1) is 10.2. The highest BCUT2D eigenvalue weighted by atomic mass is 79.9. The Balaban J connectivity index is 1.60. The number of anilines is 2. The second kappa shape index (κ2) is 6.26. The molecule has 0 aliphatic carbocycles. The third-order valence-corrected chi connectivity index (χ3v) is 3.98. The Morgan fingerprint density at radius 1 is 1.05 bits per heavy atom. The monoisotopic (exact) mass is 348 g/mol. The second-order valence-electron chi connectivity index (χ2n) is 4.89. The van der Waals surface area contributed by atoms with Crippen LogP contribution in [0.4, 0.5) is 11.4 Å². The Hall–Kier alpha value is -1.88. The van der Waals surface area contributed by atoms with Crippen LogP contribution in [0, 0.1) is 0 Å². The molecule has 4 nitrogen and oxygen atoms in total. The van der Waals surface area contributed by atoms with Gasteiger partial charge in [-0.1, -0.05) is 6.07 Å². The number of nitrogen functional groups attached to an aromatic ring is 1. The molecule has 3 rings (SSSR count). The van der Waals surface area contributed by atoms with Gasteiger partial charge in [-0.2, -0.15) is 0 Å². The zero-order valence-corrected chi connectivity index (χ0v) is 13.2. The molecule has 1 aliphatic heterocycles. The normalized spacial score (nSPS) is 13.0. The van der Waals surface area contributed by atoms with Gasteiger partial charge < -0.3 is 20.5 Å². The lowest BCUT2D eigenvalue weighted by Crippen LogP contribution is -2.15. The van der Waals surface area contributed by atoms with Crippen LogP contribution >= 0.6 is 15.9 Å². The average molecular weight is 349 g/mol. The number of rotatable bonds is 4. The maximum Gasteiger partial charge on any atom is 0.161 e. The van der Waals surface area contributed by atoms with Gasteiger partial charge in [-0.15, -0.1) is 0 Å². The molecule has 0 saturated heterocycles. The number of benzene rings is 2. The summed E-state index contributed by atoms with van der Waals surface area (Å²) in [6.07, 6.45) is 0.910. The summed E-state index contributed by atoms with van der Waals surface area (Å²) in [5.41, 5.74) is 8.74. The molecule has 1 aliphatic rings. The minimum atomic E-state index is 0.618. The van der Waals surface area contributed by atoms with Crippen LogP contribution in [-0.4, -0.2) is 19.8 Å². The van der Waals surface area contributed by atoms with E-state index in [0.29, 0.717) is 13.2 Å². The molecule has 21 heavy (non-hydrogen) atoms. The first-order valence-electron chi connectivity index (χ1n) is 6.90. The molecule has 0 unspecified atom stereocenters. The number of fused-ring (bicyclic) bond motifs is 1. The molecule has 0 saturated carbocycles. The molecular formula is C16H17BrN2O2. The third-order valence-electron chi connectivity index (χ3n) is 3.33. The predicted molar refractivity (Wildman–Crippen MR) is 88.2 cm³/mol. The molecular weight excluding hydrogens is 332 g/mol. The lowest BCUT2D eigenvalue weighted by molar-refractivity contribution is 0.171. The van der Waals surface area contributed by atoms with Crippen LogP contribution in [0.25, 0.3) is 0 Å². The van der Waals surface area contributed by atoms with E-state index >= 15 is 0 Å². The second-order valence-corrected chi connectivity index (χ2v) is 5.75. The Morgan fingerprint density at radius 2 is 1.86 bits per heavy atom. The zero-order valence-electron chi connectivity index (χ0n) is 11.6. The maximum absolute atomic E-state index is 5.73. The van der Waals surface area contributed by atoms with Crippen molar-refractivity contribution in [1.29, 1.82) is 0 Å². The molecule has 110 valence electrons. The van der Waals surface area contributed by atoms with E-state index in [4.69, 9.17) is 15.2 Å². The van der Waals surface area contributed by atoms with Gasteiger partial charge in [0.1, 0.15) is 13.2 Å². The quantitative estimate of drug-likeness (QED) is 0.830. The Labute approximate surface area is 132 Å². The van der Waals surface area contributed by atoms with Gasteiger partial charge in [0.15, 0.2) is 11.5 Å². The van der Waals surface area contributed by atoms with E-state index in [-0.39, 0.29) is 0 Å². The average Bonchev–Trinajstić information content (AvgIpc) is 2.49. The van der Waals surface area contributed by atoms with Crippen LogP contribution in [-0.2, 0) is 6.42 Å². The molecule has 0 atom stereocenters. The summed E-state index contributed by atoms with van der Waals surface area (Å²) in [4.78, 5) is 0. The Bertz CT molecular complexity index is 646. The van der Waals surface area contributed by atoms with Crippen molar-refractivity contribution in [3.05, 3.63) is 46.4 Å². The van der Waals surface area contributed by atoms with Crippen molar-refractivity contribution in [3.8, 4) is 11.5 Å². The van der Waals surface area contributed by atoms with Gasteiger partial charge in [0.05, 0.1) is 0 Å².